The van der Waals surface area contributed by atoms with Gasteiger partial charge in [-0.25, -0.2) is 0 Å². The topological polar surface area (TPSA) is 48.5 Å². The molecule has 2 heterocycles. The number of nitrogens with zero attached hydrogens (tertiary/aromatic N) is 3. The van der Waals surface area contributed by atoms with Gasteiger partial charge in [-0.3, -0.25) is 9.78 Å². The highest BCUT2D eigenvalue weighted by atomic mass is 16.2. The van der Waals surface area contributed by atoms with E-state index in [2.05, 4.69) is 54.1 Å². The van der Waals surface area contributed by atoms with E-state index in [0.717, 1.165) is 39.0 Å². The number of aromatic nitrogens is 1. The Kier molecular flexibility index (Phi) is 6.75. The first-order chi connectivity index (χ1) is 11.4. The van der Waals surface area contributed by atoms with Gasteiger partial charge in [-0.2, -0.15) is 0 Å². The third-order valence-corrected chi connectivity index (χ3v) is 4.50. The summed E-state index contributed by atoms with van der Waals surface area (Å²) in [6.45, 7) is 8.09. The fraction of sp³-hybridized carbons (Fsp3) is 0.684. The number of hydrogen-bond acceptors (Lipinski definition) is 4. The molecule has 1 aliphatic heterocycles. The number of pyridine rings is 1. The third kappa shape index (κ3) is 5.87. The molecule has 134 valence electrons. The van der Waals surface area contributed by atoms with Gasteiger partial charge in [0.2, 0.25) is 5.91 Å². The van der Waals surface area contributed by atoms with E-state index in [1.165, 1.54) is 5.56 Å². The van der Waals surface area contributed by atoms with Crippen LogP contribution in [-0.2, 0) is 11.3 Å². The second kappa shape index (κ2) is 8.58. The molecule has 1 aliphatic rings. The van der Waals surface area contributed by atoms with Crippen molar-refractivity contribution in [3.8, 4) is 0 Å². The number of carbonyl (C=O) groups excluding carboxylic acids is 1. The van der Waals surface area contributed by atoms with Gasteiger partial charge < -0.3 is 15.1 Å². The standard InChI is InChI=1S/C19H32N4O/c1-19(2,14-22(3)4)15-23-17(7-8-18(23)24)9-11-21-13-16-6-5-10-20-12-16/h5-6,10,12,17,21H,7-9,11,13-15H2,1-4H3. The molecule has 1 atom stereocenters. The maximum absolute atomic E-state index is 12.3. The smallest absolute Gasteiger partial charge is 0.222 e. The fourth-order valence-electron chi connectivity index (χ4n) is 3.68. The first-order valence-corrected chi connectivity index (χ1v) is 8.91. The Labute approximate surface area is 146 Å². The molecular weight excluding hydrogens is 300 g/mol. The first-order valence-electron chi connectivity index (χ1n) is 8.91. The Balaban J connectivity index is 1.79. The minimum Gasteiger partial charge on any atom is -0.339 e. The van der Waals surface area contributed by atoms with Crippen LogP contribution in [0.25, 0.3) is 0 Å². The van der Waals surface area contributed by atoms with E-state index in [4.69, 9.17) is 0 Å². The van der Waals surface area contributed by atoms with Gasteiger partial charge in [0.05, 0.1) is 0 Å². The molecule has 0 saturated carbocycles. The number of hydrogen-bond donors (Lipinski definition) is 1. The summed E-state index contributed by atoms with van der Waals surface area (Å²) in [4.78, 5) is 20.7. The Hall–Kier alpha value is -1.46. The minimum absolute atomic E-state index is 0.116. The third-order valence-electron chi connectivity index (χ3n) is 4.50. The molecule has 5 heteroatoms. The van der Waals surface area contributed by atoms with Crippen LogP contribution in [0.2, 0.25) is 0 Å². The van der Waals surface area contributed by atoms with Crippen molar-refractivity contribution in [2.45, 2.75) is 45.7 Å². The van der Waals surface area contributed by atoms with Crippen molar-refractivity contribution in [1.29, 1.82) is 0 Å². The number of likely N-dealkylation sites (tertiary alicyclic amines) is 1. The molecule has 1 aromatic rings. The molecule has 0 spiro atoms. The normalized spacial score (nSPS) is 18.6. The zero-order chi connectivity index (χ0) is 17.6. The van der Waals surface area contributed by atoms with Crippen molar-refractivity contribution in [2.24, 2.45) is 5.41 Å². The van der Waals surface area contributed by atoms with Crippen LogP contribution in [0, 0.1) is 5.41 Å². The molecule has 5 nitrogen and oxygen atoms in total. The van der Waals surface area contributed by atoms with Crippen molar-refractivity contribution in [3.05, 3.63) is 30.1 Å². The zero-order valence-corrected chi connectivity index (χ0v) is 15.6. The van der Waals surface area contributed by atoms with E-state index in [0.29, 0.717) is 18.4 Å². The van der Waals surface area contributed by atoms with Crippen molar-refractivity contribution in [1.82, 2.24) is 20.1 Å². The highest BCUT2D eigenvalue weighted by Gasteiger charge is 2.34. The van der Waals surface area contributed by atoms with Gasteiger partial charge in [0.1, 0.15) is 0 Å². The molecule has 0 radical (unpaired) electrons. The molecule has 1 saturated heterocycles. The van der Waals surface area contributed by atoms with Gasteiger partial charge in [-0.15, -0.1) is 0 Å². The summed E-state index contributed by atoms with van der Waals surface area (Å²) in [6, 6.07) is 4.41. The van der Waals surface area contributed by atoms with Crippen LogP contribution >= 0.6 is 0 Å². The Bertz CT molecular complexity index is 515. The highest BCUT2D eigenvalue weighted by Crippen LogP contribution is 2.27. The van der Waals surface area contributed by atoms with Gasteiger partial charge in [-0.1, -0.05) is 19.9 Å². The van der Waals surface area contributed by atoms with Crippen LogP contribution in [0.15, 0.2) is 24.5 Å². The summed E-state index contributed by atoms with van der Waals surface area (Å²) in [7, 11) is 4.18. The number of nitrogens with one attached hydrogen (secondary N) is 1. The summed E-state index contributed by atoms with van der Waals surface area (Å²) in [5.74, 6) is 0.319. The van der Waals surface area contributed by atoms with Gasteiger partial charge in [-0.05, 0) is 50.5 Å². The van der Waals surface area contributed by atoms with E-state index in [-0.39, 0.29) is 5.41 Å². The predicted molar refractivity (Wildman–Crippen MR) is 97.6 cm³/mol. The summed E-state index contributed by atoms with van der Waals surface area (Å²) >= 11 is 0. The van der Waals surface area contributed by atoms with E-state index in [1.54, 1.807) is 6.20 Å². The lowest BCUT2D eigenvalue weighted by molar-refractivity contribution is -0.130. The summed E-state index contributed by atoms with van der Waals surface area (Å²) in [5.41, 5.74) is 1.31. The SMILES string of the molecule is CN(C)CC(C)(C)CN1C(=O)CCC1CCNCc1cccnc1. The molecule has 1 unspecified atom stereocenters. The van der Waals surface area contributed by atoms with Crippen molar-refractivity contribution >= 4 is 5.91 Å². The molecular formula is C19H32N4O. The van der Waals surface area contributed by atoms with Crippen molar-refractivity contribution < 1.29 is 4.79 Å². The first kappa shape index (κ1) is 18.9. The Morgan fingerprint density at radius 2 is 2.21 bits per heavy atom. The summed E-state index contributed by atoms with van der Waals surface area (Å²) in [6.07, 6.45) is 6.39. The van der Waals surface area contributed by atoms with E-state index in [1.807, 2.05) is 12.3 Å². The molecule has 2 rings (SSSR count). The van der Waals surface area contributed by atoms with Gasteiger partial charge >= 0.3 is 0 Å². The second-order valence-corrected chi connectivity index (χ2v) is 7.94. The van der Waals surface area contributed by atoms with Crippen LogP contribution in [0.1, 0.15) is 38.7 Å². The van der Waals surface area contributed by atoms with Crippen molar-refractivity contribution in [2.75, 3.05) is 33.7 Å². The predicted octanol–water partition coefficient (Wildman–Crippen LogP) is 2.14. The number of amides is 1. The summed E-state index contributed by atoms with van der Waals surface area (Å²) < 4.78 is 0. The lowest BCUT2D eigenvalue weighted by Gasteiger charge is -2.35. The average molecular weight is 332 g/mol. The molecule has 0 aromatic carbocycles. The molecule has 0 aliphatic carbocycles. The maximum atomic E-state index is 12.3. The lowest BCUT2D eigenvalue weighted by atomic mass is 9.91. The van der Waals surface area contributed by atoms with E-state index < -0.39 is 0 Å². The molecule has 0 bridgehead atoms. The van der Waals surface area contributed by atoms with Gasteiger partial charge in [0.25, 0.3) is 0 Å². The molecule has 1 aromatic heterocycles. The largest absolute Gasteiger partial charge is 0.339 e. The van der Waals surface area contributed by atoms with Gasteiger partial charge in [0.15, 0.2) is 0 Å². The lowest BCUT2D eigenvalue weighted by Crippen LogP contribution is -2.44. The molecule has 1 fully saturated rings. The molecule has 1 N–H and O–H groups in total. The number of carbonyl (C=O) groups is 1. The Morgan fingerprint density at radius 3 is 2.88 bits per heavy atom. The van der Waals surface area contributed by atoms with Crippen LogP contribution in [0.3, 0.4) is 0 Å². The minimum atomic E-state index is 0.116. The summed E-state index contributed by atoms with van der Waals surface area (Å²) in [5, 5.41) is 3.47. The van der Waals surface area contributed by atoms with Crippen LogP contribution in [0.4, 0.5) is 0 Å². The molecule has 24 heavy (non-hydrogen) atoms. The van der Waals surface area contributed by atoms with Crippen LogP contribution < -0.4 is 5.32 Å². The average Bonchev–Trinajstić information content (AvgIpc) is 2.84. The van der Waals surface area contributed by atoms with Crippen LogP contribution in [-0.4, -0.2) is 60.5 Å². The number of rotatable bonds is 9. The second-order valence-electron chi connectivity index (χ2n) is 7.94. The van der Waals surface area contributed by atoms with Gasteiger partial charge in [0, 0.05) is 44.5 Å². The monoisotopic (exact) mass is 332 g/mol. The highest BCUT2D eigenvalue weighted by molar-refractivity contribution is 5.78. The van der Waals surface area contributed by atoms with Crippen molar-refractivity contribution in [3.63, 3.8) is 0 Å². The Morgan fingerprint density at radius 1 is 1.42 bits per heavy atom. The molecule has 1 amide bonds. The van der Waals surface area contributed by atoms with Crippen LogP contribution in [0.5, 0.6) is 0 Å². The maximum Gasteiger partial charge on any atom is 0.222 e. The quantitative estimate of drug-likeness (QED) is 0.704. The zero-order valence-electron chi connectivity index (χ0n) is 15.6. The fourth-order valence-corrected chi connectivity index (χ4v) is 3.68. The van der Waals surface area contributed by atoms with E-state index in [9.17, 15) is 4.79 Å². The van der Waals surface area contributed by atoms with E-state index >= 15 is 0 Å².